The molecule has 4 heteroatoms. The first-order valence-electron chi connectivity index (χ1n) is 7.58. The number of nitrogens with zero attached hydrogens (tertiary/aromatic N) is 1. The fourth-order valence-electron chi connectivity index (χ4n) is 3.71. The highest BCUT2D eigenvalue weighted by Gasteiger charge is 2.33. The topological polar surface area (TPSA) is 15.3 Å². The van der Waals surface area contributed by atoms with Crippen LogP contribution in [0.2, 0.25) is 0 Å². The highest BCUT2D eigenvalue weighted by molar-refractivity contribution is 9.11. The first-order valence-corrected chi connectivity index (χ1v) is 9.25. The van der Waals surface area contributed by atoms with Gasteiger partial charge in [-0.3, -0.25) is 0 Å². The van der Waals surface area contributed by atoms with Crippen molar-refractivity contribution in [1.29, 1.82) is 0 Å². The lowest BCUT2D eigenvalue weighted by atomic mass is 9.72. The third kappa shape index (κ3) is 4.30. The van der Waals surface area contributed by atoms with Gasteiger partial charge in [-0.25, -0.2) is 0 Å². The van der Waals surface area contributed by atoms with Gasteiger partial charge in [0.1, 0.15) is 0 Å². The van der Waals surface area contributed by atoms with Crippen LogP contribution in [0.4, 0.5) is 0 Å². The summed E-state index contributed by atoms with van der Waals surface area (Å²) in [5, 5.41) is 5.81. The van der Waals surface area contributed by atoms with Gasteiger partial charge in [-0.05, 0) is 77.6 Å². The summed E-state index contributed by atoms with van der Waals surface area (Å²) in [4.78, 5) is 2.48. The van der Waals surface area contributed by atoms with Crippen molar-refractivity contribution in [2.45, 2.75) is 39.3 Å². The summed E-state index contributed by atoms with van der Waals surface area (Å²) in [5.74, 6) is 2.44. The van der Waals surface area contributed by atoms with Crippen LogP contribution in [0.5, 0.6) is 0 Å². The van der Waals surface area contributed by atoms with E-state index in [1.54, 1.807) is 11.3 Å². The van der Waals surface area contributed by atoms with E-state index in [2.05, 4.69) is 65.5 Å². The van der Waals surface area contributed by atoms with Crippen molar-refractivity contribution in [3.8, 4) is 0 Å². The van der Waals surface area contributed by atoms with E-state index < -0.39 is 0 Å². The molecule has 1 aromatic heterocycles. The zero-order chi connectivity index (χ0) is 14.7. The maximum atomic E-state index is 3.56. The van der Waals surface area contributed by atoms with Gasteiger partial charge in [-0.1, -0.05) is 13.8 Å². The van der Waals surface area contributed by atoms with Crippen LogP contribution < -0.4 is 5.32 Å². The highest BCUT2D eigenvalue weighted by atomic mass is 79.9. The first kappa shape index (κ1) is 16.5. The standard InChI is InChI=1S/C16H27BrN2S/c1-11-5-12(2)14(15(6-11)18-3)9-19(4)8-13-7-16(17)20-10-13/h7,10-12,14-15,18H,5-6,8-9H2,1-4H3. The minimum atomic E-state index is 0.672. The summed E-state index contributed by atoms with van der Waals surface area (Å²) in [5.41, 5.74) is 1.42. The lowest BCUT2D eigenvalue weighted by Gasteiger charge is -2.41. The predicted octanol–water partition coefficient (Wildman–Crippen LogP) is 4.21. The van der Waals surface area contributed by atoms with Crippen molar-refractivity contribution in [2.24, 2.45) is 17.8 Å². The zero-order valence-corrected chi connectivity index (χ0v) is 15.4. The lowest BCUT2D eigenvalue weighted by molar-refractivity contribution is 0.113. The molecule has 4 unspecified atom stereocenters. The maximum Gasteiger partial charge on any atom is 0.0701 e. The molecule has 1 saturated carbocycles. The van der Waals surface area contributed by atoms with Gasteiger partial charge in [-0.2, -0.15) is 0 Å². The van der Waals surface area contributed by atoms with Gasteiger partial charge in [0.2, 0.25) is 0 Å². The molecule has 4 atom stereocenters. The summed E-state index contributed by atoms with van der Waals surface area (Å²) < 4.78 is 1.23. The highest BCUT2D eigenvalue weighted by Crippen LogP contribution is 2.34. The van der Waals surface area contributed by atoms with E-state index in [1.165, 1.54) is 28.7 Å². The Morgan fingerprint density at radius 1 is 1.40 bits per heavy atom. The Morgan fingerprint density at radius 2 is 2.15 bits per heavy atom. The molecule has 0 bridgehead atoms. The molecule has 0 radical (unpaired) electrons. The molecule has 0 spiro atoms. The molecule has 1 N–H and O–H groups in total. The van der Waals surface area contributed by atoms with Gasteiger partial charge in [0, 0.05) is 19.1 Å². The minimum Gasteiger partial charge on any atom is -0.317 e. The summed E-state index contributed by atoms with van der Waals surface area (Å²) in [7, 11) is 4.38. The quantitative estimate of drug-likeness (QED) is 0.847. The van der Waals surface area contributed by atoms with Crippen LogP contribution in [0.1, 0.15) is 32.3 Å². The van der Waals surface area contributed by atoms with E-state index in [4.69, 9.17) is 0 Å². The second kappa shape index (κ2) is 7.39. The van der Waals surface area contributed by atoms with Crippen LogP contribution in [0.25, 0.3) is 0 Å². The monoisotopic (exact) mass is 358 g/mol. The van der Waals surface area contributed by atoms with Crippen molar-refractivity contribution in [2.75, 3.05) is 20.6 Å². The number of thiophene rings is 1. The molecular weight excluding hydrogens is 332 g/mol. The Kier molecular flexibility index (Phi) is 6.09. The Labute approximate surface area is 136 Å². The van der Waals surface area contributed by atoms with E-state index in [9.17, 15) is 0 Å². The van der Waals surface area contributed by atoms with Crippen LogP contribution in [0.15, 0.2) is 15.2 Å². The molecule has 0 saturated heterocycles. The third-order valence-corrected chi connectivity index (χ3v) is 6.20. The van der Waals surface area contributed by atoms with Crippen molar-refractivity contribution < 1.29 is 0 Å². The molecule has 0 aromatic carbocycles. The molecule has 0 aliphatic heterocycles. The van der Waals surface area contributed by atoms with Crippen LogP contribution in [-0.2, 0) is 6.54 Å². The predicted molar refractivity (Wildman–Crippen MR) is 92.3 cm³/mol. The summed E-state index contributed by atoms with van der Waals surface area (Å²) in [6.07, 6.45) is 2.70. The Hall–Kier alpha value is 0.100. The molecular formula is C16H27BrN2S. The van der Waals surface area contributed by atoms with Crippen molar-refractivity contribution in [3.63, 3.8) is 0 Å². The van der Waals surface area contributed by atoms with Crippen molar-refractivity contribution >= 4 is 27.3 Å². The van der Waals surface area contributed by atoms with Crippen molar-refractivity contribution in [1.82, 2.24) is 10.2 Å². The molecule has 0 amide bonds. The van der Waals surface area contributed by atoms with Gasteiger partial charge >= 0.3 is 0 Å². The Morgan fingerprint density at radius 3 is 2.75 bits per heavy atom. The number of rotatable bonds is 5. The summed E-state index contributed by atoms with van der Waals surface area (Å²) >= 11 is 5.32. The van der Waals surface area contributed by atoms with Crippen LogP contribution in [0, 0.1) is 17.8 Å². The largest absolute Gasteiger partial charge is 0.317 e. The SMILES string of the molecule is CNC1CC(C)CC(C)C1CN(C)Cc1csc(Br)c1. The molecule has 1 heterocycles. The van der Waals surface area contributed by atoms with E-state index in [-0.39, 0.29) is 0 Å². The van der Waals surface area contributed by atoms with Gasteiger partial charge in [0.15, 0.2) is 0 Å². The van der Waals surface area contributed by atoms with E-state index in [0.29, 0.717) is 6.04 Å². The second-order valence-corrected chi connectivity index (χ2v) is 8.86. The molecule has 1 aromatic rings. The van der Waals surface area contributed by atoms with Crippen molar-refractivity contribution in [3.05, 3.63) is 20.8 Å². The third-order valence-electron chi connectivity index (χ3n) is 4.65. The lowest BCUT2D eigenvalue weighted by Crippen LogP contribution is -2.47. The molecule has 2 nitrogen and oxygen atoms in total. The number of nitrogens with one attached hydrogen (secondary N) is 1. The Bertz CT molecular complexity index is 420. The summed E-state index contributed by atoms with van der Waals surface area (Å²) in [6, 6.07) is 2.91. The van der Waals surface area contributed by atoms with E-state index in [1.807, 2.05) is 0 Å². The molecule has 114 valence electrons. The fourth-order valence-corrected chi connectivity index (χ4v) is 4.91. The fraction of sp³-hybridized carbons (Fsp3) is 0.750. The maximum absolute atomic E-state index is 3.56. The van der Waals surface area contributed by atoms with Gasteiger partial charge in [0.05, 0.1) is 3.79 Å². The van der Waals surface area contributed by atoms with E-state index >= 15 is 0 Å². The Balaban J connectivity index is 1.92. The van der Waals surface area contributed by atoms with Gasteiger partial charge in [0.25, 0.3) is 0 Å². The number of hydrogen-bond donors (Lipinski definition) is 1. The van der Waals surface area contributed by atoms with Crippen LogP contribution >= 0.6 is 27.3 Å². The minimum absolute atomic E-state index is 0.672. The molecule has 1 aliphatic rings. The zero-order valence-electron chi connectivity index (χ0n) is 13.0. The summed E-state index contributed by atoms with van der Waals surface area (Å²) in [6.45, 7) is 7.06. The van der Waals surface area contributed by atoms with Crippen LogP contribution in [0.3, 0.4) is 0 Å². The molecule has 1 aliphatic carbocycles. The molecule has 1 fully saturated rings. The number of halogens is 1. The van der Waals surface area contributed by atoms with Crippen LogP contribution in [-0.4, -0.2) is 31.6 Å². The average molecular weight is 359 g/mol. The normalized spacial score (nSPS) is 30.9. The second-order valence-electron chi connectivity index (χ2n) is 6.57. The smallest absolute Gasteiger partial charge is 0.0701 e. The first-order chi connectivity index (χ1) is 9.49. The average Bonchev–Trinajstić information content (AvgIpc) is 2.77. The molecule has 2 rings (SSSR count). The van der Waals surface area contributed by atoms with Gasteiger partial charge in [-0.15, -0.1) is 11.3 Å². The van der Waals surface area contributed by atoms with E-state index in [0.717, 1.165) is 24.3 Å². The van der Waals surface area contributed by atoms with Gasteiger partial charge < -0.3 is 10.2 Å². The number of hydrogen-bond acceptors (Lipinski definition) is 3. The molecule has 20 heavy (non-hydrogen) atoms.